The molecular weight excluding hydrogens is 314 g/mol. The van der Waals surface area contributed by atoms with Gasteiger partial charge in [-0.05, 0) is 23.3 Å². The van der Waals surface area contributed by atoms with Crippen molar-refractivity contribution in [2.75, 3.05) is 13.1 Å². The van der Waals surface area contributed by atoms with Crippen molar-refractivity contribution in [2.24, 2.45) is 0 Å². The van der Waals surface area contributed by atoms with E-state index < -0.39 is 5.72 Å². The highest BCUT2D eigenvalue weighted by Gasteiger charge is 2.63. The molecule has 5 rings (SSSR count). The first-order chi connectivity index (χ1) is 12.3. The Bertz CT molecular complexity index is 782. The third-order valence-corrected chi connectivity index (χ3v) is 5.85. The minimum absolute atomic E-state index is 0.0196. The van der Waals surface area contributed by atoms with Crippen LogP contribution in [0, 0.1) is 0 Å². The Balaban J connectivity index is 1.41. The highest BCUT2D eigenvalue weighted by Crippen LogP contribution is 2.50. The molecule has 0 radical (unpaired) electrons. The molecule has 3 aliphatic heterocycles. The topological polar surface area (TPSA) is 45.7 Å². The molecule has 2 aromatic rings. The molecule has 1 spiro atoms. The first-order valence-electron chi connectivity index (χ1n) is 8.92. The van der Waals surface area contributed by atoms with Gasteiger partial charge in [0.2, 0.25) is 5.91 Å². The molecule has 0 bridgehead atoms. The summed E-state index contributed by atoms with van der Waals surface area (Å²) in [6.07, 6.45) is 5.08. The number of rotatable bonds is 3. The standard InChI is InChI=1S/C20H21N3O2/c24-19-12-18-20(8-11-22(18)13-15-6-9-21-10-7-15)23(19)14-17(25-20)16-4-2-1-3-5-16/h1-7,9-10,17-18H,8,11-14H2/t17-,18-,20+/m1/s1. The molecule has 128 valence electrons. The van der Waals surface area contributed by atoms with Gasteiger partial charge in [-0.15, -0.1) is 0 Å². The van der Waals surface area contributed by atoms with Crippen molar-refractivity contribution in [3.8, 4) is 0 Å². The minimum Gasteiger partial charge on any atom is -0.344 e. The zero-order chi connectivity index (χ0) is 16.9. The van der Waals surface area contributed by atoms with Gasteiger partial charge >= 0.3 is 0 Å². The molecule has 5 nitrogen and oxygen atoms in total. The summed E-state index contributed by atoms with van der Waals surface area (Å²) in [7, 11) is 0. The van der Waals surface area contributed by atoms with Gasteiger partial charge in [0.05, 0.1) is 12.6 Å². The molecule has 5 heteroatoms. The van der Waals surface area contributed by atoms with Crippen molar-refractivity contribution in [3.05, 3.63) is 66.0 Å². The maximum absolute atomic E-state index is 12.6. The minimum atomic E-state index is -0.440. The van der Waals surface area contributed by atoms with E-state index in [4.69, 9.17) is 4.74 Å². The summed E-state index contributed by atoms with van der Waals surface area (Å²) in [6.45, 7) is 2.47. The number of carbonyl (C=O) groups is 1. The highest BCUT2D eigenvalue weighted by atomic mass is 16.5. The summed E-state index contributed by atoms with van der Waals surface area (Å²) in [5, 5.41) is 0. The Morgan fingerprint density at radius 1 is 1.16 bits per heavy atom. The van der Waals surface area contributed by atoms with Crippen molar-refractivity contribution in [3.63, 3.8) is 0 Å². The fourth-order valence-electron chi connectivity index (χ4n) is 4.66. The maximum Gasteiger partial charge on any atom is 0.226 e. The summed E-state index contributed by atoms with van der Waals surface area (Å²) in [4.78, 5) is 21.1. The quantitative estimate of drug-likeness (QED) is 0.864. The van der Waals surface area contributed by atoms with Crippen molar-refractivity contribution >= 4 is 5.91 Å². The Morgan fingerprint density at radius 3 is 2.76 bits per heavy atom. The third-order valence-electron chi connectivity index (χ3n) is 5.85. The van der Waals surface area contributed by atoms with Crippen molar-refractivity contribution < 1.29 is 9.53 Å². The lowest BCUT2D eigenvalue weighted by Crippen LogP contribution is -2.47. The molecule has 25 heavy (non-hydrogen) atoms. The van der Waals surface area contributed by atoms with Crippen LogP contribution in [0.1, 0.15) is 30.1 Å². The molecule has 0 saturated carbocycles. The second-order valence-electron chi connectivity index (χ2n) is 7.16. The van der Waals surface area contributed by atoms with Gasteiger partial charge in [0.15, 0.2) is 5.72 Å². The summed E-state index contributed by atoms with van der Waals surface area (Å²) < 4.78 is 6.57. The number of benzene rings is 1. The molecule has 0 N–H and O–H groups in total. The van der Waals surface area contributed by atoms with Crippen LogP contribution in [0.3, 0.4) is 0 Å². The smallest absolute Gasteiger partial charge is 0.226 e. The van der Waals surface area contributed by atoms with Crippen LogP contribution in [0.4, 0.5) is 0 Å². The van der Waals surface area contributed by atoms with Crippen LogP contribution >= 0.6 is 0 Å². The second kappa shape index (κ2) is 5.64. The number of nitrogens with zero attached hydrogens (tertiary/aromatic N) is 3. The van der Waals surface area contributed by atoms with Gasteiger partial charge in [-0.2, -0.15) is 0 Å². The van der Waals surface area contributed by atoms with Crippen LogP contribution in [-0.2, 0) is 16.1 Å². The average molecular weight is 335 g/mol. The summed E-state index contributed by atoms with van der Waals surface area (Å²) in [5.74, 6) is 0.225. The van der Waals surface area contributed by atoms with Gasteiger partial charge in [0.1, 0.15) is 6.10 Å². The van der Waals surface area contributed by atoms with E-state index in [-0.39, 0.29) is 18.1 Å². The van der Waals surface area contributed by atoms with Crippen molar-refractivity contribution in [1.82, 2.24) is 14.8 Å². The number of pyridine rings is 1. The fourth-order valence-corrected chi connectivity index (χ4v) is 4.66. The third kappa shape index (κ3) is 2.30. The molecule has 3 saturated heterocycles. The summed E-state index contributed by atoms with van der Waals surface area (Å²) in [5.41, 5.74) is 1.95. The monoisotopic (exact) mass is 335 g/mol. The van der Waals surface area contributed by atoms with E-state index >= 15 is 0 Å². The number of ether oxygens (including phenoxy) is 1. The molecule has 3 fully saturated rings. The predicted octanol–water partition coefficient (Wildman–Crippen LogP) is 2.36. The Labute approximate surface area is 147 Å². The number of hydrogen-bond donors (Lipinski definition) is 0. The number of likely N-dealkylation sites (tertiary alicyclic amines) is 1. The van der Waals surface area contributed by atoms with E-state index in [0.717, 1.165) is 25.1 Å². The lowest BCUT2D eigenvalue weighted by Gasteiger charge is -2.32. The van der Waals surface area contributed by atoms with Crippen molar-refractivity contribution in [2.45, 2.75) is 37.3 Å². The van der Waals surface area contributed by atoms with Gasteiger partial charge in [-0.3, -0.25) is 14.7 Å². The number of aromatic nitrogens is 1. The normalized spacial score (nSPS) is 31.4. The molecule has 1 aromatic heterocycles. The van der Waals surface area contributed by atoms with Crippen molar-refractivity contribution in [1.29, 1.82) is 0 Å². The first-order valence-corrected chi connectivity index (χ1v) is 8.92. The number of amides is 1. The summed E-state index contributed by atoms with van der Waals surface area (Å²) >= 11 is 0. The second-order valence-corrected chi connectivity index (χ2v) is 7.16. The van der Waals surface area contributed by atoms with Crippen LogP contribution < -0.4 is 0 Å². The van der Waals surface area contributed by atoms with E-state index in [1.165, 1.54) is 5.56 Å². The molecular formula is C20H21N3O2. The van der Waals surface area contributed by atoms with Crippen LogP contribution in [-0.4, -0.2) is 45.5 Å². The summed E-state index contributed by atoms with van der Waals surface area (Å²) in [6, 6.07) is 14.5. The molecule has 1 aromatic carbocycles. The largest absolute Gasteiger partial charge is 0.344 e. The maximum atomic E-state index is 12.6. The van der Waals surface area contributed by atoms with Crippen LogP contribution in [0.25, 0.3) is 0 Å². The Hall–Kier alpha value is -2.24. The van der Waals surface area contributed by atoms with E-state index in [0.29, 0.717) is 13.0 Å². The van der Waals surface area contributed by atoms with E-state index in [2.05, 4.69) is 22.0 Å². The van der Waals surface area contributed by atoms with Gasteiger partial charge in [-0.1, -0.05) is 30.3 Å². The number of carbonyl (C=O) groups excluding carboxylic acids is 1. The first kappa shape index (κ1) is 15.0. The molecule has 0 aliphatic carbocycles. The zero-order valence-corrected chi connectivity index (χ0v) is 14.0. The van der Waals surface area contributed by atoms with E-state index in [1.807, 2.05) is 47.6 Å². The lowest BCUT2D eigenvalue weighted by molar-refractivity contribution is -0.138. The van der Waals surface area contributed by atoms with Crippen LogP contribution in [0.15, 0.2) is 54.9 Å². The predicted molar refractivity (Wildman–Crippen MR) is 92.4 cm³/mol. The Kier molecular flexibility index (Phi) is 3.40. The van der Waals surface area contributed by atoms with E-state index in [9.17, 15) is 4.79 Å². The molecule has 3 aliphatic rings. The van der Waals surface area contributed by atoms with Gasteiger partial charge in [0, 0.05) is 38.3 Å². The fraction of sp³-hybridized carbons (Fsp3) is 0.400. The molecule has 0 unspecified atom stereocenters. The van der Waals surface area contributed by atoms with Crippen LogP contribution in [0.5, 0.6) is 0 Å². The highest BCUT2D eigenvalue weighted by molar-refractivity contribution is 5.81. The van der Waals surface area contributed by atoms with E-state index in [1.54, 1.807) is 0 Å². The molecule has 4 heterocycles. The lowest BCUT2D eigenvalue weighted by atomic mass is 10.1. The van der Waals surface area contributed by atoms with Crippen LogP contribution in [0.2, 0.25) is 0 Å². The molecule has 1 amide bonds. The SMILES string of the molecule is O=C1C[C@H]2N(Cc3ccncc3)CC[C@]23O[C@@H](c2ccccc2)CN13. The number of hydrogen-bond acceptors (Lipinski definition) is 4. The Morgan fingerprint density at radius 2 is 1.96 bits per heavy atom. The van der Waals surface area contributed by atoms with Gasteiger partial charge in [0.25, 0.3) is 0 Å². The zero-order valence-electron chi connectivity index (χ0n) is 14.0. The van der Waals surface area contributed by atoms with Gasteiger partial charge in [-0.25, -0.2) is 0 Å². The average Bonchev–Trinajstić information content (AvgIpc) is 3.27. The molecule has 3 atom stereocenters. The van der Waals surface area contributed by atoms with Gasteiger partial charge < -0.3 is 9.64 Å².